The van der Waals surface area contributed by atoms with Gasteiger partial charge in [-0.25, -0.2) is 0 Å². The van der Waals surface area contributed by atoms with Crippen LogP contribution in [0.3, 0.4) is 0 Å². The highest BCUT2D eigenvalue weighted by Gasteiger charge is 2.34. The van der Waals surface area contributed by atoms with Crippen molar-refractivity contribution in [2.45, 2.75) is 25.2 Å². The lowest BCUT2D eigenvalue weighted by atomic mass is 10.1. The molecule has 6 nitrogen and oxygen atoms in total. The van der Waals surface area contributed by atoms with Crippen LogP contribution >= 0.6 is 23.4 Å². The number of likely N-dealkylation sites (N-methyl/N-ethyl adjacent to an activating group) is 1. The maximum absolute atomic E-state index is 13.5. The van der Waals surface area contributed by atoms with Crippen LogP contribution in [0.1, 0.15) is 23.1 Å². The van der Waals surface area contributed by atoms with Gasteiger partial charge in [0.25, 0.3) is 5.91 Å². The zero-order valence-electron chi connectivity index (χ0n) is 18.6. The van der Waals surface area contributed by atoms with E-state index in [4.69, 9.17) is 11.6 Å². The van der Waals surface area contributed by atoms with Gasteiger partial charge >= 0.3 is 6.18 Å². The molecule has 1 saturated heterocycles. The molecular formula is C24H21ClF3N5OS. The van der Waals surface area contributed by atoms with E-state index in [2.05, 4.69) is 15.4 Å². The minimum atomic E-state index is -4.52. The van der Waals surface area contributed by atoms with E-state index in [0.29, 0.717) is 21.6 Å². The summed E-state index contributed by atoms with van der Waals surface area (Å²) in [7, 11) is 1.95. The number of hydrogen-bond donors (Lipinski definition) is 1. The van der Waals surface area contributed by atoms with Gasteiger partial charge in [-0.15, -0.1) is 0 Å². The molecule has 182 valence electrons. The maximum Gasteiger partial charge on any atom is 0.416 e. The number of aliphatic imine (C=N–C) groups is 1. The molecule has 2 aromatic carbocycles. The van der Waals surface area contributed by atoms with Crippen molar-refractivity contribution in [2.75, 3.05) is 20.1 Å². The molecule has 0 aliphatic carbocycles. The van der Waals surface area contributed by atoms with Gasteiger partial charge in [0, 0.05) is 30.0 Å². The minimum absolute atomic E-state index is 0.0293. The molecule has 1 N–H and O–H groups in total. The Labute approximate surface area is 208 Å². The Balaban J connectivity index is 1.36. The van der Waals surface area contributed by atoms with Crippen molar-refractivity contribution in [3.63, 3.8) is 0 Å². The van der Waals surface area contributed by atoms with Crippen molar-refractivity contribution in [3.8, 4) is 0 Å². The lowest BCUT2D eigenvalue weighted by molar-refractivity contribution is -0.138. The summed E-state index contributed by atoms with van der Waals surface area (Å²) < 4.78 is 41.9. The number of alkyl halides is 3. The molecule has 0 spiro atoms. The third-order valence-corrected chi connectivity index (χ3v) is 7.46. The number of carbonyl (C=O) groups is 1. The van der Waals surface area contributed by atoms with E-state index < -0.39 is 11.7 Å². The Bertz CT molecular complexity index is 1360. The highest BCUT2D eigenvalue weighted by molar-refractivity contribution is 8.18. The number of amidine groups is 1. The van der Waals surface area contributed by atoms with E-state index in [1.807, 2.05) is 24.1 Å². The summed E-state index contributed by atoms with van der Waals surface area (Å²) in [6.07, 6.45) is -0.128. The number of fused-ring (bicyclic) bond motifs is 1. The second-order valence-corrected chi connectivity index (χ2v) is 9.93. The molecule has 5 rings (SSSR count). The van der Waals surface area contributed by atoms with E-state index in [1.54, 1.807) is 18.3 Å². The van der Waals surface area contributed by atoms with Crippen LogP contribution < -0.4 is 5.32 Å². The number of thioether (sulfide) groups is 1. The van der Waals surface area contributed by atoms with Gasteiger partial charge in [0.05, 0.1) is 28.7 Å². The van der Waals surface area contributed by atoms with Gasteiger partial charge in [-0.05, 0) is 66.2 Å². The van der Waals surface area contributed by atoms with Crippen LogP contribution in [-0.2, 0) is 17.5 Å². The number of hydrogen-bond acceptors (Lipinski definition) is 5. The Morgan fingerprint density at radius 1 is 1.29 bits per heavy atom. The molecule has 0 saturated carbocycles. The number of carbonyl (C=O) groups excluding carboxylic acids is 1. The van der Waals surface area contributed by atoms with Crippen molar-refractivity contribution in [1.29, 1.82) is 0 Å². The van der Waals surface area contributed by atoms with Crippen molar-refractivity contribution < 1.29 is 18.0 Å². The Kier molecular flexibility index (Phi) is 6.37. The number of rotatable bonds is 4. The van der Waals surface area contributed by atoms with Crippen LogP contribution in [0.25, 0.3) is 17.0 Å². The van der Waals surface area contributed by atoms with E-state index in [0.717, 1.165) is 36.5 Å². The summed E-state index contributed by atoms with van der Waals surface area (Å²) in [6, 6.07) is 9.52. The van der Waals surface area contributed by atoms with Crippen molar-refractivity contribution >= 4 is 51.4 Å². The van der Waals surface area contributed by atoms with E-state index >= 15 is 0 Å². The number of benzene rings is 2. The average molecular weight is 520 g/mol. The van der Waals surface area contributed by atoms with E-state index in [9.17, 15) is 18.0 Å². The van der Waals surface area contributed by atoms with Crippen LogP contribution in [0.2, 0.25) is 5.02 Å². The Hall–Kier alpha value is -2.82. The summed E-state index contributed by atoms with van der Waals surface area (Å²) in [4.78, 5) is 19.3. The topological polar surface area (TPSA) is 62.5 Å². The third-order valence-electron chi connectivity index (χ3n) is 6.15. The second kappa shape index (κ2) is 9.33. The zero-order valence-corrected chi connectivity index (χ0v) is 20.2. The van der Waals surface area contributed by atoms with Gasteiger partial charge in [-0.1, -0.05) is 23.7 Å². The summed E-state index contributed by atoms with van der Waals surface area (Å²) in [5.74, 6) is -0.277. The molecule has 1 atom stereocenters. The van der Waals surface area contributed by atoms with Gasteiger partial charge < -0.3 is 10.2 Å². The van der Waals surface area contributed by atoms with Crippen molar-refractivity contribution in [1.82, 2.24) is 20.0 Å². The predicted molar refractivity (Wildman–Crippen MR) is 132 cm³/mol. The molecular weight excluding hydrogens is 499 g/mol. The highest BCUT2D eigenvalue weighted by atomic mass is 35.5. The fourth-order valence-electron chi connectivity index (χ4n) is 4.26. The first-order chi connectivity index (χ1) is 16.7. The maximum atomic E-state index is 13.5. The normalized spacial score (nSPS) is 19.7. The molecule has 1 unspecified atom stereocenters. The number of nitrogens with zero attached hydrogens (tertiary/aromatic N) is 4. The fraction of sp³-hybridized carbons (Fsp3) is 0.292. The molecule has 3 aromatic rings. The van der Waals surface area contributed by atoms with E-state index in [-0.39, 0.29) is 23.0 Å². The summed E-state index contributed by atoms with van der Waals surface area (Å²) in [6.45, 7) is 1.77. The Morgan fingerprint density at radius 3 is 2.86 bits per heavy atom. The number of halogens is 4. The van der Waals surface area contributed by atoms with Crippen LogP contribution in [0, 0.1) is 0 Å². The van der Waals surface area contributed by atoms with Gasteiger partial charge in [-0.2, -0.15) is 23.3 Å². The number of aromatic nitrogens is 2. The zero-order chi connectivity index (χ0) is 24.7. The molecule has 1 amide bonds. The van der Waals surface area contributed by atoms with Gasteiger partial charge in [-0.3, -0.25) is 9.48 Å². The number of nitrogens with one attached hydrogen (secondary N) is 1. The largest absolute Gasteiger partial charge is 0.416 e. The highest BCUT2D eigenvalue weighted by Crippen LogP contribution is 2.35. The predicted octanol–water partition coefficient (Wildman–Crippen LogP) is 5.02. The number of amides is 1. The van der Waals surface area contributed by atoms with Gasteiger partial charge in [0.2, 0.25) is 0 Å². The van der Waals surface area contributed by atoms with Crippen LogP contribution in [0.15, 0.2) is 52.5 Å². The van der Waals surface area contributed by atoms with Crippen LogP contribution in [-0.4, -0.2) is 51.9 Å². The lowest BCUT2D eigenvalue weighted by Crippen LogP contribution is -2.36. The van der Waals surface area contributed by atoms with Crippen LogP contribution in [0.5, 0.6) is 0 Å². The first-order valence-corrected chi connectivity index (χ1v) is 12.2. The molecule has 1 aromatic heterocycles. The monoisotopic (exact) mass is 519 g/mol. The van der Waals surface area contributed by atoms with Crippen LogP contribution in [0.4, 0.5) is 13.2 Å². The molecule has 11 heteroatoms. The molecule has 35 heavy (non-hydrogen) atoms. The summed E-state index contributed by atoms with van der Waals surface area (Å²) >= 11 is 7.14. The Morgan fingerprint density at radius 2 is 2.11 bits per heavy atom. The fourth-order valence-corrected chi connectivity index (χ4v) is 5.38. The standard InChI is InChI=1S/C24H21ClF3N5OS/c1-32(18-6-7-29-12-18)23-31-22(34)21(35-23)9-14-2-5-20-16(8-14)11-30-33(20)13-15-3-4-17(25)10-19(15)24(26,27)28/h2-5,8-11,18,29H,6-7,12-13H2,1H3/b21-9-. The van der Waals surface area contributed by atoms with Gasteiger partial charge in [0.15, 0.2) is 5.17 Å². The average Bonchev–Trinajstić information content (AvgIpc) is 3.55. The molecule has 0 radical (unpaired) electrons. The summed E-state index contributed by atoms with van der Waals surface area (Å²) in [5.41, 5.74) is 0.779. The van der Waals surface area contributed by atoms with E-state index in [1.165, 1.54) is 28.6 Å². The summed E-state index contributed by atoms with van der Waals surface area (Å²) in [5, 5.41) is 9.08. The van der Waals surface area contributed by atoms with Crippen molar-refractivity contribution in [2.24, 2.45) is 4.99 Å². The minimum Gasteiger partial charge on any atom is -0.350 e. The van der Waals surface area contributed by atoms with Gasteiger partial charge in [0.1, 0.15) is 0 Å². The molecule has 3 heterocycles. The first-order valence-electron chi connectivity index (χ1n) is 11.0. The smallest absolute Gasteiger partial charge is 0.350 e. The quantitative estimate of drug-likeness (QED) is 0.490. The van der Waals surface area contributed by atoms with Crippen molar-refractivity contribution in [3.05, 3.63) is 69.2 Å². The third kappa shape index (κ3) is 4.96. The molecule has 0 bridgehead atoms. The SMILES string of the molecule is CN(C1=NC(=O)/C(=C/c2ccc3c(cnn3Cc3ccc(Cl)cc3C(F)(F)F)c2)S1)C1CCNC1. The lowest BCUT2D eigenvalue weighted by Gasteiger charge is -2.24. The molecule has 2 aliphatic rings. The molecule has 1 fully saturated rings. The first kappa shape index (κ1) is 23.9. The molecule has 2 aliphatic heterocycles. The second-order valence-electron chi connectivity index (χ2n) is 8.49.